The van der Waals surface area contributed by atoms with E-state index in [0.717, 1.165) is 13.0 Å². The summed E-state index contributed by atoms with van der Waals surface area (Å²) >= 11 is 0. The zero-order valence-electron chi connectivity index (χ0n) is 17.4. The zero-order chi connectivity index (χ0) is 21.1. The van der Waals surface area contributed by atoms with Crippen LogP contribution in [0.4, 0.5) is 0 Å². The van der Waals surface area contributed by atoms with Crippen LogP contribution in [0.1, 0.15) is 44.2 Å². The Kier molecular flexibility index (Phi) is 9.35. The third kappa shape index (κ3) is 7.99. The van der Waals surface area contributed by atoms with E-state index in [-0.39, 0.29) is 11.7 Å². The van der Waals surface area contributed by atoms with Gasteiger partial charge in [0, 0.05) is 25.6 Å². The van der Waals surface area contributed by atoms with E-state index in [1.807, 2.05) is 18.2 Å². The number of carbonyl (C=O) groups is 1. The van der Waals surface area contributed by atoms with Crippen molar-refractivity contribution in [3.8, 4) is 0 Å². The van der Waals surface area contributed by atoms with Crippen molar-refractivity contribution in [1.29, 1.82) is 0 Å². The molecule has 0 aromatic heterocycles. The Balaban J connectivity index is 1.58. The van der Waals surface area contributed by atoms with Crippen LogP contribution in [-0.2, 0) is 14.6 Å². The third-order valence-electron chi connectivity index (χ3n) is 5.12. The highest BCUT2D eigenvalue weighted by molar-refractivity contribution is 7.91. The molecule has 0 aliphatic carbocycles. The van der Waals surface area contributed by atoms with Crippen LogP contribution in [-0.4, -0.2) is 45.1 Å². The van der Waals surface area contributed by atoms with Crippen LogP contribution < -0.4 is 5.32 Å². The first-order valence-corrected chi connectivity index (χ1v) is 11.8. The van der Waals surface area contributed by atoms with E-state index in [9.17, 15) is 13.2 Å². The second-order valence-electron chi connectivity index (χ2n) is 7.36. The van der Waals surface area contributed by atoms with E-state index in [0.29, 0.717) is 36.7 Å². The quantitative estimate of drug-likeness (QED) is 0.534. The van der Waals surface area contributed by atoms with Gasteiger partial charge in [-0.1, -0.05) is 48.5 Å². The lowest BCUT2D eigenvalue weighted by atomic mass is 10.1. The standard InChI is InChI=1S/C23H32N2O3S/c1-20(21-12-5-3-6-13-21)25(2)18-11-17-24-23(26)16-9-10-19-29(27,28)22-14-7-4-8-15-22/h3-8,12-15,20H,9-11,16-19H2,1-2H3,(H,24,26)/t20-/m1/s1. The molecular formula is C23H32N2O3S. The molecule has 0 aliphatic rings. The van der Waals surface area contributed by atoms with Crippen LogP contribution >= 0.6 is 0 Å². The minimum Gasteiger partial charge on any atom is -0.356 e. The summed E-state index contributed by atoms with van der Waals surface area (Å²) in [7, 11) is -1.17. The molecule has 29 heavy (non-hydrogen) atoms. The average Bonchev–Trinajstić information content (AvgIpc) is 2.75. The number of benzene rings is 2. The minimum atomic E-state index is -3.26. The normalized spacial score (nSPS) is 12.7. The molecule has 0 spiro atoms. The predicted molar refractivity (Wildman–Crippen MR) is 117 cm³/mol. The van der Waals surface area contributed by atoms with Gasteiger partial charge in [0.1, 0.15) is 0 Å². The molecule has 0 fully saturated rings. The lowest BCUT2D eigenvalue weighted by Crippen LogP contribution is -2.29. The second-order valence-corrected chi connectivity index (χ2v) is 9.47. The Bertz CT molecular complexity index is 839. The smallest absolute Gasteiger partial charge is 0.219 e. The largest absolute Gasteiger partial charge is 0.356 e. The molecule has 2 aromatic rings. The molecule has 158 valence electrons. The number of amides is 1. The van der Waals surface area contributed by atoms with E-state index in [1.54, 1.807) is 30.3 Å². The number of unbranched alkanes of at least 4 members (excludes halogenated alkanes) is 1. The molecule has 0 radical (unpaired) electrons. The Labute approximate surface area is 175 Å². The van der Waals surface area contributed by atoms with Crippen molar-refractivity contribution in [1.82, 2.24) is 10.2 Å². The van der Waals surface area contributed by atoms with Gasteiger partial charge in [-0.3, -0.25) is 9.69 Å². The monoisotopic (exact) mass is 416 g/mol. The van der Waals surface area contributed by atoms with Crippen LogP contribution in [0.5, 0.6) is 0 Å². The molecule has 6 heteroatoms. The van der Waals surface area contributed by atoms with Crippen molar-refractivity contribution >= 4 is 15.7 Å². The molecule has 0 heterocycles. The summed E-state index contributed by atoms with van der Waals surface area (Å²) < 4.78 is 24.4. The Hall–Kier alpha value is -2.18. The van der Waals surface area contributed by atoms with Crippen LogP contribution in [0.15, 0.2) is 65.6 Å². The summed E-state index contributed by atoms with van der Waals surface area (Å²) in [6.45, 7) is 3.70. The van der Waals surface area contributed by atoms with Crippen molar-refractivity contribution < 1.29 is 13.2 Å². The number of carbonyl (C=O) groups excluding carboxylic acids is 1. The summed E-state index contributed by atoms with van der Waals surface area (Å²) in [4.78, 5) is 14.6. The SMILES string of the molecule is C[C@H](c1ccccc1)N(C)CCCNC(=O)CCCCS(=O)(=O)c1ccccc1. The number of sulfone groups is 1. The molecule has 0 unspecified atom stereocenters. The molecular weight excluding hydrogens is 384 g/mol. The second kappa shape index (κ2) is 11.7. The first-order chi connectivity index (χ1) is 13.9. The molecule has 0 aliphatic heterocycles. The van der Waals surface area contributed by atoms with E-state index in [1.165, 1.54) is 5.56 Å². The highest BCUT2D eigenvalue weighted by Crippen LogP contribution is 2.18. The summed E-state index contributed by atoms with van der Waals surface area (Å²) in [5.41, 5.74) is 1.28. The van der Waals surface area contributed by atoms with Crippen molar-refractivity contribution in [2.75, 3.05) is 25.9 Å². The fourth-order valence-corrected chi connectivity index (χ4v) is 4.54. The highest BCUT2D eigenvalue weighted by Gasteiger charge is 2.14. The Morgan fingerprint density at radius 2 is 1.59 bits per heavy atom. The van der Waals surface area contributed by atoms with Crippen molar-refractivity contribution in [3.05, 3.63) is 66.2 Å². The Morgan fingerprint density at radius 1 is 0.966 bits per heavy atom. The number of hydrogen-bond donors (Lipinski definition) is 1. The number of nitrogens with zero attached hydrogens (tertiary/aromatic N) is 1. The van der Waals surface area contributed by atoms with Gasteiger partial charge in [-0.2, -0.15) is 0 Å². The van der Waals surface area contributed by atoms with E-state index >= 15 is 0 Å². The van der Waals surface area contributed by atoms with Gasteiger partial charge in [0.15, 0.2) is 9.84 Å². The molecule has 2 rings (SSSR count). The van der Waals surface area contributed by atoms with E-state index < -0.39 is 9.84 Å². The summed E-state index contributed by atoms with van der Waals surface area (Å²) in [6, 6.07) is 19.1. The highest BCUT2D eigenvalue weighted by atomic mass is 32.2. The number of hydrogen-bond acceptors (Lipinski definition) is 4. The average molecular weight is 417 g/mol. The maximum Gasteiger partial charge on any atom is 0.219 e. The molecule has 2 aromatic carbocycles. The van der Waals surface area contributed by atoms with Gasteiger partial charge in [-0.05, 0) is 50.9 Å². The summed E-state index contributed by atoms with van der Waals surface area (Å²) in [6.07, 6.45) is 2.30. The van der Waals surface area contributed by atoms with E-state index in [4.69, 9.17) is 0 Å². The van der Waals surface area contributed by atoms with Crippen LogP contribution in [0.2, 0.25) is 0 Å². The molecule has 1 N–H and O–H groups in total. The fraction of sp³-hybridized carbons (Fsp3) is 0.435. The fourth-order valence-electron chi connectivity index (χ4n) is 3.15. The van der Waals surface area contributed by atoms with Crippen molar-refractivity contribution in [2.45, 2.75) is 43.5 Å². The third-order valence-corrected chi connectivity index (χ3v) is 6.94. The van der Waals surface area contributed by atoms with E-state index in [2.05, 4.69) is 36.3 Å². The Morgan fingerprint density at radius 3 is 2.24 bits per heavy atom. The molecule has 5 nitrogen and oxygen atoms in total. The predicted octanol–water partition coefficient (Wildman–Crippen LogP) is 3.83. The van der Waals surface area contributed by atoms with Crippen LogP contribution in [0, 0.1) is 0 Å². The molecule has 0 saturated heterocycles. The zero-order valence-corrected chi connectivity index (χ0v) is 18.2. The van der Waals surface area contributed by atoms with Gasteiger partial charge in [-0.25, -0.2) is 8.42 Å². The van der Waals surface area contributed by atoms with Gasteiger partial charge in [0.25, 0.3) is 0 Å². The van der Waals surface area contributed by atoms with Crippen molar-refractivity contribution in [2.24, 2.45) is 0 Å². The lowest BCUT2D eigenvalue weighted by Gasteiger charge is -2.25. The molecule has 1 atom stereocenters. The number of rotatable bonds is 12. The molecule has 0 bridgehead atoms. The first kappa shape index (κ1) is 23.1. The minimum absolute atomic E-state index is 0.0131. The maximum absolute atomic E-state index is 12.2. The summed E-state index contributed by atoms with van der Waals surface area (Å²) in [5, 5.41) is 2.93. The first-order valence-electron chi connectivity index (χ1n) is 10.2. The molecule has 0 saturated carbocycles. The maximum atomic E-state index is 12.2. The van der Waals surface area contributed by atoms with Gasteiger partial charge in [0.05, 0.1) is 10.6 Å². The molecule has 1 amide bonds. The van der Waals surface area contributed by atoms with Gasteiger partial charge in [-0.15, -0.1) is 0 Å². The lowest BCUT2D eigenvalue weighted by molar-refractivity contribution is -0.121. The van der Waals surface area contributed by atoms with Gasteiger partial charge in [0.2, 0.25) is 5.91 Å². The van der Waals surface area contributed by atoms with Crippen LogP contribution in [0.3, 0.4) is 0 Å². The van der Waals surface area contributed by atoms with Gasteiger partial charge < -0.3 is 5.32 Å². The van der Waals surface area contributed by atoms with Crippen LogP contribution in [0.25, 0.3) is 0 Å². The summed E-state index contributed by atoms with van der Waals surface area (Å²) in [5.74, 6) is 0.0628. The topological polar surface area (TPSA) is 66.5 Å². The van der Waals surface area contributed by atoms with Crippen molar-refractivity contribution in [3.63, 3.8) is 0 Å². The van der Waals surface area contributed by atoms with Gasteiger partial charge >= 0.3 is 0 Å². The number of nitrogens with one attached hydrogen (secondary N) is 1.